The number of carbonyl (C=O) groups excluding carboxylic acids is 2. The molecule has 1 fully saturated rings. The molecule has 2 heterocycles. The number of amides is 3. The molecular weight excluding hydrogens is 336 g/mol. The van der Waals surface area contributed by atoms with Crippen molar-refractivity contribution in [3.8, 4) is 0 Å². The summed E-state index contributed by atoms with van der Waals surface area (Å²) in [5, 5.41) is 0. The van der Waals surface area contributed by atoms with Gasteiger partial charge < -0.3 is 4.90 Å². The van der Waals surface area contributed by atoms with Gasteiger partial charge in [-0.05, 0) is 23.8 Å². The van der Waals surface area contributed by atoms with Crippen molar-refractivity contribution >= 4 is 33.7 Å². The molecule has 1 saturated heterocycles. The van der Waals surface area contributed by atoms with E-state index in [1.54, 1.807) is 7.05 Å². The van der Waals surface area contributed by atoms with E-state index in [1.165, 1.54) is 23.5 Å². The summed E-state index contributed by atoms with van der Waals surface area (Å²) in [6.07, 6.45) is 2.80. The summed E-state index contributed by atoms with van der Waals surface area (Å²) in [6, 6.07) is 7.84. The average molecular weight is 347 g/mol. The Bertz CT molecular complexity index is 707. The Morgan fingerprint density at radius 1 is 1.24 bits per heavy atom. The van der Waals surface area contributed by atoms with Gasteiger partial charge in [-0.1, -0.05) is 28.1 Å². The molecule has 0 unspecified atom stereocenters. The number of anilines is 1. The predicted molar refractivity (Wildman–Crippen MR) is 79.6 cm³/mol. The molecule has 1 aromatic heterocycles. The number of hydrogen-bond donors (Lipinski definition) is 0. The lowest BCUT2D eigenvalue weighted by atomic mass is 10.1. The van der Waals surface area contributed by atoms with E-state index in [0.717, 1.165) is 14.9 Å². The Hall–Kier alpha value is -2.28. The van der Waals surface area contributed by atoms with E-state index in [2.05, 4.69) is 25.9 Å². The summed E-state index contributed by atoms with van der Waals surface area (Å²) in [6.45, 7) is 0. The van der Waals surface area contributed by atoms with Crippen molar-refractivity contribution in [2.45, 2.75) is 6.04 Å². The van der Waals surface area contributed by atoms with Gasteiger partial charge in [0.2, 0.25) is 0 Å². The third kappa shape index (κ3) is 2.29. The molecule has 21 heavy (non-hydrogen) atoms. The van der Waals surface area contributed by atoms with Crippen molar-refractivity contribution < 1.29 is 9.59 Å². The molecule has 3 amide bonds. The molecule has 0 bridgehead atoms. The normalized spacial score (nSPS) is 18.5. The van der Waals surface area contributed by atoms with Crippen LogP contribution >= 0.6 is 15.9 Å². The smallest absolute Gasteiger partial charge is 0.311 e. The lowest BCUT2D eigenvalue weighted by Crippen LogP contribution is -2.32. The summed E-state index contributed by atoms with van der Waals surface area (Å²) in [5.74, 6) is -0.0383. The topological polar surface area (TPSA) is 66.4 Å². The standard InChI is InChI=1S/C14H11BrN4O2/c1-18-12(9-3-2-4-10(15)7-9)13(20)19(14(18)21)11-5-6-16-8-17-11/h2-8,12H,1H3/t12-/m0/s1. The predicted octanol–water partition coefficient (Wildman–Crippen LogP) is 2.38. The average Bonchev–Trinajstić information content (AvgIpc) is 2.70. The highest BCUT2D eigenvalue weighted by atomic mass is 79.9. The van der Waals surface area contributed by atoms with Gasteiger partial charge in [0, 0.05) is 17.7 Å². The van der Waals surface area contributed by atoms with Gasteiger partial charge >= 0.3 is 6.03 Å². The molecule has 1 aliphatic rings. The fourth-order valence-electron chi connectivity index (χ4n) is 2.32. The van der Waals surface area contributed by atoms with Gasteiger partial charge in [0.25, 0.3) is 5.91 Å². The number of benzene rings is 1. The first-order valence-corrected chi connectivity index (χ1v) is 7.01. The second-order valence-electron chi connectivity index (χ2n) is 4.59. The highest BCUT2D eigenvalue weighted by Crippen LogP contribution is 2.32. The van der Waals surface area contributed by atoms with Crippen molar-refractivity contribution in [2.24, 2.45) is 0 Å². The van der Waals surface area contributed by atoms with Crippen LogP contribution in [0.1, 0.15) is 11.6 Å². The van der Waals surface area contributed by atoms with E-state index in [0.29, 0.717) is 0 Å². The van der Waals surface area contributed by atoms with Crippen molar-refractivity contribution in [1.29, 1.82) is 0 Å². The van der Waals surface area contributed by atoms with Crippen LogP contribution in [0.25, 0.3) is 0 Å². The SMILES string of the molecule is CN1C(=O)N(c2ccncn2)C(=O)[C@@H]1c1cccc(Br)c1. The number of imide groups is 1. The Morgan fingerprint density at radius 3 is 2.71 bits per heavy atom. The van der Waals surface area contributed by atoms with Crippen LogP contribution in [0.15, 0.2) is 47.3 Å². The minimum absolute atomic E-state index is 0.282. The van der Waals surface area contributed by atoms with Crippen LogP contribution in [0.5, 0.6) is 0 Å². The lowest BCUT2D eigenvalue weighted by molar-refractivity contribution is -0.119. The number of aromatic nitrogens is 2. The van der Waals surface area contributed by atoms with Gasteiger partial charge in [-0.25, -0.2) is 19.7 Å². The minimum Gasteiger partial charge on any atom is -0.311 e. The Balaban J connectivity index is 2.02. The van der Waals surface area contributed by atoms with Gasteiger partial charge in [-0.3, -0.25) is 4.79 Å². The fourth-order valence-corrected chi connectivity index (χ4v) is 2.74. The summed E-state index contributed by atoms with van der Waals surface area (Å²) < 4.78 is 0.856. The molecule has 1 aliphatic heterocycles. The number of nitrogens with zero attached hydrogens (tertiary/aromatic N) is 4. The quantitative estimate of drug-likeness (QED) is 0.783. The highest BCUT2D eigenvalue weighted by molar-refractivity contribution is 9.10. The Labute approximate surface area is 129 Å². The molecule has 0 aliphatic carbocycles. The highest BCUT2D eigenvalue weighted by Gasteiger charge is 2.45. The van der Waals surface area contributed by atoms with Crippen molar-refractivity contribution in [1.82, 2.24) is 14.9 Å². The van der Waals surface area contributed by atoms with Crippen LogP contribution < -0.4 is 4.90 Å². The maximum Gasteiger partial charge on any atom is 0.333 e. The van der Waals surface area contributed by atoms with Crippen LogP contribution in [0.2, 0.25) is 0 Å². The first-order chi connectivity index (χ1) is 10.1. The maximum atomic E-state index is 12.6. The molecule has 0 N–H and O–H groups in total. The third-order valence-corrected chi connectivity index (χ3v) is 3.79. The van der Waals surface area contributed by atoms with Crippen molar-refractivity contribution in [3.05, 3.63) is 52.9 Å². The third-order valence-electron chi connectivity index (χ3n) is 3.29. The first-order valence-electron chi connectivity index (χ1n) is 6.22. The number of carbonyl (C=O) groups is 2. The molecule has 0 saturated carbocycles. The summed E-state index contributed by atoms with van der Waals surface area (Å²) >= 11 is 3.38. The molecule has 0 radical (unpaired) electrons. The van der Waals surface area contributed by atoms with Gasteiger partial charge in [0.15, 0.2) is 0 Å². The van der Waals surface area contributed by atoms with Crippen LogP contribution in [-0.4, -0.2) is 33.9 Å². The molecule has 2 aromatic rings. The largest absolute Gasteiger partial charge is 0.333 e. The van der Waals surface area contributed by atoms with Crippen molar-refractivity contribution in [2.75, 3.05) is 11.9 Å². The molecule has 0 spiro atoms. The zero-order chi connectivity index (χ0) is 15.0. The van der Waals surface area contributed by atoms with Gasteiger partial charge in [-0.15, -0.1) is 0 Å². The van der Waals surface area contributed by atoms with E-state index in [1.807, 2.05) is 24.3 Å². The van der Waals surface area contributed by atoms with Crippen LogP contribution in [-0.2, 0) is 4.79 Å². The van der Waals surface area contributed by atoms with E-state index in [-0.39, 0.29) is 11.7 Å². The second-order valence-corrected chi connectivity index (χ2v) is 5.51. The molecule has 106 valence electrons. The number of halogens is 1. The molecule has 3 rings (SSSR count). The Kier molecular flexibility index (Phi) is 3.42. The molecule has 1 atom stereocenters. The maximum absolute atomic E-state index is 12.6. The monoisotopic (exact) mass is 346 g/mol. The zero-order valence-electron chi connectivity index (χ0n) is 11.1. The van der Waals surface area contributed by atoms with E-state index in [4.69, 9.17) is 0 Å². The number of rotatable bonds is 2. The molecule has 1 aromatic carbocycles. The van der Waals surface area contributed by atoms with Crippen LogP contribution in [0, 0.1) is 0 Å². The summed E-state index contributed by atoms with van der Waals surface area (Å²) in [5.41, 5.74) is 0.752. The zero-order valence-corrected chi connectivity index (χ0v) is 12.7. The Morgan fingerprint density at radius 2 is 2.05 bits per heavy atom. The number of urea groups is 1. The summed E-state index contributed by atoms with van der Waals surface area (Å²) in [7, 11) is 1.60. The van der Waals surface area contributed by atoms with Crippen LogP contribution in [0.3, 0.4) is 0 Å². The summed E-state index contributed by atoms with van der Waals surface area (Å²) in [4.78, 5) is 35.2. The van der Waals surface area contributed by atoms with E-state index >= 15 is 0 Å². The van der Waals surface area contributed by atoms with Gasteiger partial charge in [-0.2, -0.15) is 0 Å². The van der Waals surface area contributed by atoms with Crippen molar-refractivity contribution in [3.63, 3.8) is 0 Å². The van der Waals surface area contributed by atoms with Gasteiger partial charge in [0.1, 0.15) is 18.2 Å². The first kappa shape index (κ1) is 13.7. The van der Waals surface area contributed by atoms with Gasteiger partial charge in [0.05, 0.1) is 0 Å². The number of likely N-dealkylation sites (N-methyl/N-ethyl adjacent to an activating group) is 1. The van der Waals surface area contributed by atoms with E-state index < -0.39 is 12.1 Å². The minimum atomic E-state index is -0.648. The molecule has 7 heteroatoms. The number of hydrogen-bond acceptors (Lipinski definition) is 4. The lowest BCUT2D eigenvalue weighted by Gasteiger charge is -2.16. The fraction of sp³-hybridized carbons (Fsp3) is 0.143. The molecule has 6 nitrogen and oxygen atoms in total. The van der Waals surface area contributed by atoms with Crippen LogP contribution in [0.4, 0.5) is 10.6 Å². The van der Waals surface area contributed by atoms with E-state index in [9.17, 15) is 9.59 Å². The molecular formula is C14H11BrN4O2. The second kappa shape index (κ2) is 5.25.